The van der Waals surface area contributed by atoms with E-state index < -0.39 is 0 Å². The summed E-state index contributed by atoms with van der Waals surface area (Å²) < 4.78 is 7.27. The van der Waals surface area contributed by atoms with Gasteiger partial charge in [0.25, 0.3) is 5.91 Å². The Hall–Kier alpha value is -3.38. The van der Waals surface area contributed by atoms with Crippen molar-refractivity contribution in [3.05, 3.63) is 84.0 Å². The topological polar surface area (TPSA) is 73.0 Å². The number of benzene rings is 1. The van der Waals surface area contributed by atoms with Gasteiger partial charge in [0, 0.05) is 18.0 Å². The van der Waals surface area contributed by atoms with Gasteiger partial charge in [0.15, 0.2) is 11.6 Å². The lowest BCUT2D eigenvalue weighted by Gasteiger charge is -2.05. The van der Waals surface area contributed by atoms with Crippen LogP contribution in [0.3, 0.4) is 0 Å². The Balaban J connectivity index is 1.49. The minimum Gasteiger partial charge on any atom is -0.451 e. The number of hydrogen-bond acceptors (Lipinski definition) is 4. The van der Waals surface area contributed by atoms with E-state index in [1.54, 1.807) is 53.6 Å². The number of nitrogens with zero attached hydrogens (tertiary/aromatic N) is 3. The van der Waals surface area contributed by atoms with E-state index in [0.29, 0.717) is 22.3 Å². The van der Waals surface area contributed by atoms with Crippen LogP contribution in [0.5, 0.6) is 0 Å². The summed E-state index contributed by atoms with van der Waals surface area (Å²) in [5.41, 5.74) is 1.29. The lowest BCUT2D eigenvalue weighted by molar-refractivity contribution is 0.0997. The van der Waals surface area contributed by atoms with Crippen molar-refractivity contribution in [1.82, 2.24) is 14.8 Å². The molecule has 0 aliphatic carbocycles. The van der Waals surface area contributed by atoms with Crippen molar-refractivity contribution in [3.63, 3.8) is 0 Å². The molecule has 3 aromatic heterocycles. The van der Waals surface area contributed by atoms with Crippen molar-refractivity contribution in [2.24, 2.45) is 0 Å². The van der Waals surface area contributed by atoms with Gasteiger partial charge >= 0.3 is 0 Å². The Bertz CT molecular complexity index is 1040. The highest BCUT2D eigenvalue weighted by molar-refractivity contribution is 6.33. The summed E-state index contributed by atoms with van der Waals surface area (Å²) >= 11 is 6.16. The lowest BCUT2D eigenvalue weighted by atomic mass is 10.2. The molecular weight excluding hydrogens is 352 g/mol. The molecule has 1 N–H and O–H groups in total. The second kappa shape index (κ2) is 6.85. The summed E-state index contributed by atoms with van der Waals surface area (Å²) in [7, 11) is 0. The summed E-state index contributed by atoms with van der Waals surface area (Å²) in [6.07, 6.45) is 5.03. The molecule has 0 unspecified atom stereocenters. The van der Waals surface area contributed by atoms with E-state index >= 15 is 0 Å². The van der Waals surface area contributed by atoms with Crippen LogP contribution in [-0.4, -0.2) is 20.7 Å². The smallest absolute Gasteiger partial charge is 0.291 e. The van der Waals surface area contributed by atoms with E-state index in [2.05, 4.69) is 15.4 Å². The first-order chi connectivity index (χ1) is 12.7. The van der Waals surface area contributed by atoms with Gasteiger partial charge in [-0.3, -0.25) is 4.79 Å². The van der Waals surface area contributed by atoms with Gasteiger partial charge in [-0.2, -0.15) is 5.10 Å². The third-order valence-electron chi connectivity index (χ3n) is 3.71. The summed E-state index contributed by atoms with van der Waals surface area (Å²) in [5, 5.41) is 7.42. The third kappa shape index (κ3) is 3.22. The predicted molar refractivity (Wildman–Crippen MR) is 98.5 cm³/mol. The van der Waals surface area contributed by atoms with Gasteiger partial charge in [-0.05, 0) is 42.5 Å². The summed E-state index contributed by atoms with van der Waals surface area (Å²) in [4.78, 5) is 16.6. The SMILES string of the molecule is O=C(Nc1ccc(-n2cccn2)nc1)c1ccc(-c2ccccc2Cl)o1. The number of amides is 1. The highest BCUT2D eigenvalue weighted by Crippen LogP contribution is 2.29. The van der Waals surface area contributed by atoms with Crippen molar-refractivity contribution in [2.45, 2.75) is 0 Å². The maximum absolute atomic E-state index is 12.4. The number of rotatable bonds is 4. The van der Waals surface area contributed by atoms with Crippen LogP contribution in [0, 0.1) is 0 Å². The lowest BCUT2D eigenvalue weighted by Crippen LogP contribution is -2.11. The van der Waals surface area contributed by atoms with Crippen LogP contribution in [0.1, 0.15) is 10.6 Å². The Morgan fingerprint density at radius 3 is 2.69 bits per heavy atom. The Labute approximate surface area is 154 Å². The van der Waals surface area contributed by atoms with Crippen LogP contribution in [0.2, 0.25) is 5.02 Å². The Kier molecular flexibility index (Phi) is 4.25. The predicted octanol–water partition coefficient (Wildman–Crippen LogP) is 4.43. The number of hydrogen-bond donors (Lipinski definition) is 1. The molecule has 6 nitrogen and oxygen atoms in total. The molecule has 0 aliphatic rings. The van der Waals surface area contributed by atoms with E-state index in [-0.39, 0.29) is 11.7 Å². The Morgan fingerprint density at radius 2 is 1.96 bits per heavy atom. The zero-order valence-electron chi connectivity index (χ0n) is 13.5. The Morgan fingerprint density at radius 1 is 1.08 bits per heavy atom. The molecule has 0 radical (unpaired) electrons. The van der Waals surface area contributed by atoms with Crippen LogP contribution in [0.15, 0.2) is 77.6 Å². The molecule has 0 bridgehead atoms. The number of aromatic nitrogens is 3. The minimum atomic E-state index is -0.364. The molecule has 128 valence electrons. The second-order valence-corrected chi connectivity index (χ2v) is 5.86. The highest BCUT2D eigenvalue weighted by atomic mass is 35.5. The molecule has 3 heterocycles. The first kappa shape index (κ1) is 16.1. The zero-order chi connectivity index (χ0) is 17.9. The van der Waals surface area contributed by atoms with E-state index in [1.165, 1.54) is 0 Å². The van der Waals surface area contributed by atoms with Crippen molar-refractivity contribution in [2.75, 3.05) is 5.32 Å². The van der Waals surface area contributed by atoms with Crippen molar-refractivity contribution < 1.29 is 9.21 Å². The molecule has 4 aromatic rings. The molecular formula is C19H13ClN4O2. The van der Waals surface area contributed by atoms with E-state index in [1.807, 2.05) is 24.3 Å². The molecule has 4 rings (SSSR count). The average Bonchev–Trinajstić information content (AvgIpc) is 3.35. The monoisotopic (exact) mass is 364 g/mol. The molecule has 7 heteroatoms. The van der Waals surface area contributed by atoms with Crippen molar-refractivity contribution in [1.29, 1.82) is 0 Å². The summed E-state index contributed by atoms with van der Waals surface area (Å²) in [6.45, 7) is 0. The number of furan rings is 1. The fourth-order valence-corrected chi connectivity index (χ4v) is 2.69. The maximum atomic E-state index is 12.4. The van der Waals surface area contributed by atoms with Gasteiger partial charge in [-0.25, -0.2) is 9.67 Å². The second-order valence-electron chi connectivity index (χ2n) is 5.45. The first-order valence-corrected chi connectivity index (χ1v) is 8.21. The number of nitrogens with one attached hydrogen (secondary N) is 1. The molecule has 0 spiro atoms. The van der Waals surface area contributed by atoms with Gasteiger partial charge in [0.1, 0.15) is 5.76 Å². The number of anilines is 1. The first-order valence-electron chi connectivity index (χ1n) is 7.83. The normalized spacial score (nSPS) is 10.7. The number of carbonyl (C=O) groups is 1. The van der Waals surface area contributed by atoms with Gasteiger partial charge in [-0.15, -0.1) is 0 Å². The fraction of sp³-hybridized carbons (Fsp3) is 0. The van der Waals surface area contributed by atoms with Gasteiger partial charge in [-0.1, -0.05) is 23.7 Å². The van der Waals surface area contributed by atoms with Crippen LogP contribution in [-0.2, 0) is 0 Å². The molecule has 0 aliphatic heterocycles. The standard InChI is InChI=1S/C19H13ClN4O2/c20-15-5-2-1-4-14(15)16-7-8-17(26-16)19(25)23-13-6-9-18(21-12-13)24-11-3-10-22-24/h1-12H,(H,23,25). The van der Waals surface area contributed by atoms with E-state index in [4.69, 9.17) is 16.0 Å². The molecule has 1 amide bonds. The molecule has 0 atom stereocenters. The quantitative estimate of drug-likeness (QED) is 0.581. The molecule has 0 fully saturated rings. The van der Waals surface area contributed by atoms with Gasteiger partial charge < -0.3 is 9.73 Å². The summed E-state index contributed by atoms with van der Waals surface area (Å²) in [6, 6.07) is 15.9. The summed E-state index contributed by atoms with van der Waals surface area (Å²) in [5.74, 6) is 1.02. The minimum absolute atomic E-state index is 0.191. The maximum Gasteiger partial charge on any atom is 0.291 e. The highest BCUT2D eigenvalue weighted by Gasteiger charge is 2.14. The zero-order valence-corrected chi connectivity index (χ0v) is 14.2. The largest absolute Gasteiger partial charge is 0.451 e. The van der Waals surface area contributed by atoms with Crippen LogP contribution in [0.4, 0.5) is 5.69 Å². The van der Waals surface area contributed by atoms with Crippen LogP contribution in [0.25, 0.3) is 17.1 Å². The molecule has 0 saturated carbocycles. The molecule has 26 heavy (non-hydrogen) atoms. The van der Waals surface area contributed by atoms with Crippen molar-refractivity contribution in [3.8, 4) is 17.1 Å². The van der Waals surface area contributed by atoms with Crippen molar-refractivity contribution >= 4 is 23.2 Å². The van der Waals surface area contributed by atoms with Crippen LogP contribution < -0.4 is 5.32 Å². The van der Waals surface area contributed by atoms with E-state index in [9.17, 15) is 4.79 Å². The number of carbonyl (C=O) groups excluding carboxylic acids is 1. The number of pyridine rings is 1. The van der Waals surface area contributed by atoms with Gasteiger partial charge in [0.05, 0.1) is 16.9 Å². The average molecular weight is 365 g/mol. The fourth-order valence-electron chi connectivity index (χ4n) is 2.46. The number of halogens is 1. The van der Waals surface area contributed by atoms with E-state index in [0.717, 1.165) is 5.56 Å². The van der Waals surface area contributed by atoms with Gasteiger partial charge in [0.2, 0.25) is 0 Å². The third-order valence-corrected chi connectivity index (χ3v) is 4.04. The molecule has 1 aromatic carbocycles. The molecule has 0 saturated heterocycles. The van der Waals surface area contributed by atoms with Crippen LogP contribution >= 0.6 is 11.6 Å².